The van der Waals surface area contributed by atoms with Crippen LogP contribution in [0.2, 0.25) is 0 Å². The molecule has 0 spiro atoms. The van der Waals surface area contributed by atoms with E-state index in [0.717, 1.165) is 15.4 Å². The molecule has 8 heteroatoms. The van der Waals surface area contributed by atoms with Crippen molar-refractivity contribution in [1.82, 2.24) is 5.32 Å². The standard InChI is InChI=1S/C25H27FN2O4S/c1-3-20-6-4-5-7-24(20)28(33(30,31)23-14-8-19(2)9-15-23)18-25(29)27-16-17-32-22-12-10-21(26)11-13-22/h4-15H,3,16-18H2,1-2H3,(H,27,29). The van der Waals surface area contributed by atoms with Crippen molar-refractivity contribution < 1.29 is 22.3 Å². The summed E-state index contributed by atoms with van der Waals surface area (Å²) in [6.07, 6.45) is 0.614. The lowest BCUT2D eigenvalue weighted by atomic mass is 10.1. The zero-order valence-electron chi connectivity index (χ0n) is 18.6. The number of ether oxygens (including phenoxy) is 1. The first-order valence-electron chi connectivity index (χ1n) is 10.6. The van der Waals surface area contributed by atoms with E-state index >= 15 is 0 Å². The average molecular weight is 471 g/mol. The van der Waals surface area contributed by atoms with Crippen molar-refractivity contribution >= 4 is 21.6 Å². The molecule has 0 aliphatic carbocycles. The van der Waals surface area contributed by atoms with Crippen LogP contribution in [0.15, 0.2) is 77.7 Å². The Hall–Kier alpha value is -3.39. The van der Waals surface area contributed by atoms with Crippen molar-refractivity contribution in [3.05, 3.63) is 89.7 Å². The molecule has 3 rings (SSSR count). The number of carbonyl (C=O) groups is 1. The minimum absolute atomic E-state index is 0.117. The number of para-hydroxylation sites is 1. The molecule has 174 valence electrons. The second kappa shape index (κ2) is 11.0. The van der Waals surface area contributed by atoms with Crippen LogP contribution in [-0.2, 0) is 21.2 Å². The van der Waals surface area contributed by atoms with Crippen molar-refractivity contribution in [2.45, 2.75) is 25.2 Å². The van der Waals surface area contributed by atoms with Crippen molar-refractivity contribution in [2.24, 2.45) is 0 Å². The predicted molar refractivity (Wildman–Crippen MR) is 126 cm³/mol. The van der Waals surface area contributed by atoms with Crippen LogP contribution in [0.4, 0.5) is 10.1 Å². The third-order valence-electron chi connectivity index (χ3n) is 5.04. The minimum atomic E-state index is -3.97. The third-order valence-corrected chi connectivity index (χ3v) is 6.82. The highest BCUT2D eigenvalue weighted by Crippen LogP contribution is 2.27. The molecule has 0 aliphatic rings. The van der Waals surface area contributed by atoms with E-state index in [9.17, 15) is 17.6 Å². The van der Waals surface area contributed by atoms with Gasteiger partial charge < -0.3 is 10.1 Å². The zero-order chi connectivity index (χ0) is 23.8. The van der Waals surface area contributed by atoms with Gasteiger partial charge in [-0.1, -0.05) is 42.8 Å². The van der Waals surface area contributed by atoms with E-state index in [1.165, 1.54) is 24.3 Å². The molecule has 0 heterocycles. The highest BCUT2D eigenvalue weighted by molar-refractivity contribution is 7.92. The molecule has 1 amide bonds. The van der Waals surface area contributed by atoms with Gasteiger partial charge in [-0.15, -0.1) is 0 Å². The molecule has 0 aromatic heterocycles. The van der Waals surface area contributed by atoms with Gasteiger partial charge in [0.15, 0.2) is 0 Å². The molecule has 0 unspecified atom stereocenters. The minimum Gasteiger partial charge on any atom is -0.492 e. The normalized spacial score (nSPS) is 11.1. The van der Waals surface area contributed by atoms with Gasteiger partial charge in [0.25, 0.3) is 10.0 Å². The molecule has 0 saturated carbocycles. The quantitative estimate of drug-likeness (QED) is 0.453. The van der Waals surface area contributed by atoms with Crippen LogP contribution in [0.3, 0.4) is 0 Å². The fraction of sp³-hybridized carbons (Fsp3) is 0.240. The molecule has 3 aromatic carbocycles. The number of anilines is 1. The third kappa shape index (κ3) is 6.32. The lowest BCUT2D eigenvalue weighted by molar-refractivity contribution is -0.119. The van der Waals surface area contributed by atoms with Gasteiger partial charge in [-0.2, -0.15) is 0 Å². The molecular formula is C25H27FN2O4S. The number of nitrogens with zero attached hydrogens (tertiary/aromatic N) is 1. The lowest BCUT2D eigenvalue weighted by Crippen LogP contribution is -2.42. The summed E-state index contributed by atoms with van der Waals surface area (Å²) in [4.78, 5) is 12.8. The van der Waals surface area contributed by atoms with Gasteiger partial charge in [-0.25, -0.2) is 12.8 Å². The average Bonchev–Trinajstić information content (AvgIpc) is 2.81. The Morgan fingerprint density at radius 1 is 1.00 bits per heavy atom. The van der Waals surface area contributed by atoms with Crippen LogP contribution >= 0.6 is 0 Å². The Morgan fingerprint density at radius 3 is 2.33 bits per heavy atom. The molecule has 0 bridgehead atoms. The smallest absolute Gasteiger partial charge is 0.264 e. The van der Waals surface area contributed by atoms with Crippen molar-refractivity contribution in [1.29, 1.82) is 0 Å². The van der Waals surface area contributed by atoms with Crippen LogP contribution in [0.5, 0.6) is 5.75 Å². The SMILES string of the molecule is CCc1ccccc1N(CC(=O)NCCOc1ccc(F)cc1)S(=O)(=O)c1ccc(C)cc1. The molecule has 6 nitrogen and oxygen atoms in total. The molecule has 0 radical (unpaired) electrons. The Labute approximate surface area is 194 Å². The summed E-state index contributed by atoms with van der Waals surface area (Å²) < 4.78 is 46.5. The Bertz CT molecular complexity index is 1180. The van der Waals surface area contributed by atoms with Gasteiger partial charge in [-0.05, 0) is 61.4 Å². The number of carbonyl (C=O) groups excluding carboxylic acids is 1. The Kier molecular flexibility index (Phi) is 8.06. The largest absolute Gasteiger partial charge is 0.492 e. The second-order valence-corrected chi connectivity index (χ2v) is 9.32. The molecular weight excluding hydrogens is 443 g/mol. The number of hydrogen-bond acceptors (Lipinski definition) is 4. The molecule has 1 N–H and O–H groups in total. The van der Waals surface area contributed by atoms with Gasteiger partial charge in [0.2, 0.25) is 5.91 Å². The van der Waals surface area contributed by atoms with Crippen LogP contribution in [-0.4, -0.2) is 34.0 Å². The topological polar surface area (TPSA) is 75.7 Å². The van der Waals surface area contributed by atoms with Gasteiger partial charge >= 0.3 is 0 Å². The lowest BCUT2D eigenvalue weighted by Gasteiger charge is -2.26. The molecule has 3 aromatic rings. The summed E-state index contributed by atoms with van der Waals surface area (Å²) in [6.45, 7) is 3.77. The van der Waals surface area contributed by atoms with E-state index in [1.807, 2.05) is 26.0 Å². The first-order valence-corrected chi connectivity index (χ1v) is 12.1. The zero-order valence-corrected chi connectivity index (χ0v) is 19.4. The highest BCUT2D eigenvalue weighted by atomic mass is 32.2. The number of benzene rings is 3. The summed E-state index contributed by atoms with van der Waals surface area (Å²) in [6, 6.07) is 19.2. The predicted octanol–water partition coefficient (Wildman–Crippen LogP) is 4.09. The van der Waals surface area contributed by atoms with Crippen LogP contribution < -0.4 is 14.4 Å². The number of nitrogens with one attached hydrogen (secondary N) is 1. The number of rotatable bonds is 10. The van der Waals surface area contributed by atoms with E-state index < -0.39 is 15.9 Å². The van der Waals surface area contributed by atoms with E-state index in [0.29, 0.717) is 17.9 Å². The van der Waals surface area contributed by atoms with E-state index in [1.54, 1.807) is 36.4 Å². The maximum Gasteiger partial charge on any atom is 0.264 e. The van der Waals surface area contributed by atoms with Gasteiger partial charge in [-0.3, -0.25) is 9.10 Å². The number of aryl methyl sites for hydroxylation is 2. The molecule has 33 heavy (non-hydrogen) atoms. The van der Waals surface area contributed by atoms with Gasteiger partial charge in [0.05, 0.1) is 17.1 Å². The first kappa shape index (κ1) is 24.3. The number of hydrogen-bond donors (Lipinski definition) is 1. The number of sulfonamides is 1. The van der Waals surface area contributed by atoms with Gasteiger partial charge in [0, 0.05) is 0 Å². The van der Waals surface area contributed by atoms with E-state index in [4.69, 9.17) is 4.74 Å². The van der Waals surface area contributed by atoms with Crippen molar-refractivity contribution in [2.75, 3.05) is 24.0 Å². The summed E-state index contributed by atoms with van der Waals surface area (Å²) in [5.74, 6) is -0.344. The molecule has 0 atom stereocenters. The fourth-order valence-electron chi connectivity index (χ4n) is 3.27. The summed E-state index contributed by atoms with van der Waals surface area (Å²) in [5, 5.41) is 2.69. The van der Waals surface area contributed by atoms with E-state index in [-0.39, 0.29) is 30.4 Å². The molecule has 0 saturated heterocycles. The maximum atomic E-state index is 13.5. The van der Waals surface area contributed by atoms with E-state index in [2.05, 4.69) is 5.32 Å². The number of amides is 1. The molecule has 0 aliphatic heterocycles. The highest BCUT2D eigenvalue weighted by Gasteiger charge is 2.28. The summed E-state index contributed by atoms with van der Waals surface area (Å²) >= 11 is 0. The summed E-state index contributed by atoms with van der Waals surface area (Å²) in [5.41, 5.74) is 2.23. The van der Waals surface area contributed by atoms with Crippen molar-refractivity contribution in [3.8, 4) is 5.75 Å². The van der Waals surface area contributed by atoms with Crippen molar-refractivity contribution in [3.63, 3.8) is 0 Å². The Balaban J connectivity index is 1.74. The van der Waals surface area contributed by atoms with Crippen LogP contribution in [0, 0.1) is 12.7 Å². The van der Waals surface area contributed by atoms with Gasteiger partial charge in [0.1, 0.15) is 24.7 Å². The molecule has 0 fully saturated rings. The van der Waals surface area contributed by atoms with Crippen LogP contribution in [0.25, 0.3) is 0 Å². The van der Waals surface area contributed by atoms with Crippen LogP contribution in [0.1, 0.15) is 18.1 Å². The summed E-state index contributed by atoms with van der Waals surface area (Å²) in [7, 11) is -3.97. The monoisotopic (exact) mass is 470 g/mol. The Morgan fingerprint density at radius 2 is 1.67 bits per heavy atom. The number of halogens is 1. The fourth-order valence-corrected chi connectivity index (χ4v) is 4.73. The second-order valence-electron chi connectivity index (χ2n) is 7.46. The first-order chi connectivity index (χ1) is 15.8. The maximum absolute atomic E-state index is 13.5.